The predicted molar refractivity (Wildman–Crippen MR) is 83.7 cm³/mol. The second-order valence-corrected chi connectivity index (χ2v) is 6.60. The smallest absolute Gasteiger partial charge is 0.313 e. The summed E-state index contributed by atoms with van der Waals surface area (Å²) in [6.07, 6.45) is 1.64. The molecule has 2 N–H and O–H groups in total. The zero-order chi connectivity index (χ0) is 16.8. The lowest BCUT2D eigenvalue weighted by atomic mass is 9.81. The Bertz CT molecular complexity index is 649. The number of aryl methyl sites for hydroxylation is 2. The van der Waals surface area contributed by atoms with E-state index in [-0.39, 0.29) is 12.5 Å². The van der Waals surface area contributed by atoms with E-state index in [1.807, 2.05) is 13.8 Å². The van der Waals surface area contributed by atoms with Crippen molar-refractivity contribution in [2.24, 2.45) is 11.3 Å². The monoisotopic (exact) mass is 318 g/mol. The van der Waals surface area contributed by atoms with Crippen molar-refractivity contribution in [3.8, 4) is 0 Å². The largest absolute Gasteiger partial charge is 0.481 e. The van der Waals surface area contributed by atoms with Gasteiger partial charge in [0.2, 0.25) is 5.91 Å². The van der Waals surface area contributed by atoms with Crippen LogP contribution in [0.15, 0.2) is 12.7 Å². The number of rotatable bonds is 5. The average molecular weight is 318 g/mol. The van der Waals surface area contributed by atoms with Gasteiger partial charge in [0.25, 0.3) is 0 Å². The van der Waals surface area contributed by atoms with E-state index in [1.165, 1.54) is 0 Å². The van der Waals surface area contributed by atoms with Crippen LogP contribution in [0.4, 0.5) is 0 Å². The van der Waals surface area contributed by atoms with Gasteiger partial charge in [0.15, 0.2) is 0 Å². The second-order valence-electron chi connectivity index (χ2n) is 6.60. The first-order valence-electron chi connectivity index (χ1n) is 7.75. The topological polar surface area (TPSA) is 89.5 Å². The number of aliphatic carboxylic acids is 1. The Morgan fingerprint density at radius 1 is 1.52 bits per heavy atom. The number of aromatic amines is 1. The van der Waals surface area contributed by atoms with Crippen LogP contribution >= 0.6 is 0 Å². The van der Waals surface area contributed by atoms with Crippen molar-refractivity contribution in [3.63, 3.8) is 0 Å². The van der Waals surface area contributed by atoms with E-state index in [2.05, 4.69) is 21.7 Å². The van der Waals surface area contributed by atoms with Crippen molar-refractivity contribution in [1.82, 2.24) is 20.0 Å². The molecule has 2 saturated heterocycles. The predicted octanol–water partition coefficient (Wildman–Crippen LogP) is 0.558. The number of nitrogens with zero attached hydrogens (tertiary/aromatic N) is 3. The molecule has 2 atom stereocenters. The number of likely N-dealkylation sites (tertiary alicyclic amines) is 2. The van der Waals surface area contributed by atoms with Crippen molar-refractivity contribution in [3.05, 3.63) is 29.6 Å². The minimum atomic E-state index is -1.01. The van der Waals surface area contributed by atoms with Crippen LogP contribution < -0.4 is 0 Å². The van der Waals surface area contributed by atoms with Crippen LogP contribution in [-0.2, 0) is 16.1 Å². The third-order valence-corrected chi connectivity index (χ3v) is 5.13. The van der Waals surface area contributed by atoms with E-state index in [9.17, 15) is 14.7 Å². The molecule has 1 aromatic heterocycles. The van der Waals surface area contributed by atoms with Crippen LogP contribution in [0.1, 0.15) is 17.0 Å². The van der Waals surface area contributed by atoms with Crippen molar-refractivity contribution in [1.29, 1.82) is 0 Å². The highest BCUT2D eigenvalue weighted by molar-refractivity contribution is 5.92. The van der Waals surface area contributed by atoms with Crippen LogP contribution in [0.25, 0.3) is 0 Å². The minimum absolute atomic E-state index is 0.0737. The molecule has 2 aliphatic heterocycles. The molecule has 1 amide bonds. The molecule has 0 spiro atoms. The first-order chi connectivity index (χ1) is 10.9. The first kappa shape index (κ1) is 15.7. The van der Waals surface area contributed by atoms with Gasteiger partial charge < -0.3 is 10.0 Å². The van der Waals surface area contributed by atoms with E-state index >= 15 is 0 Å². The molecule has 0 aromatic carbocycles. The summed E-state index contributed by atoms with van der Waals surface area (Å²) in [5.41, 5.74) is 1.99. The molecule has 23 heavy (non-hydrogen) atoms. The molecule has 2 aliphatic rings. The van der Waals surface area contributed by atoms with Crippen molar-refractivity contribution < 1.29 is 14.7 Å². The minimum Gasteiger partial charge on any atom is -0.481 e. The summed E-state index contributed by atoms with van der Waals surface area (Å²) in [6, 6.07) is 0. The molecular weight excluding hydrogens is 296 g/mol. The number of carbonyl (C=O) groups is 2. The third kappa shape index (κ3) is 2.35. The van der Waals surface area contributed by atoms with Gasteiger partial charge in [0.05, 0.1) is 11.6 Å². The Kier molecular flexibility index (Phi) is 3.75. The Morgan fingerprint density at radius 2 is 2.26 bits per heavy atom. The van der Waals surface area contributed by atoms with E-state index in [0.29, 0.717) is 26.2 Å². The fourth-order valence-corrected chi connectivity index (χ4v) is 3.87. The second kappa shape index (κ2) is 5.49. The molecule has 2 fully saturated rings. The van der Waals surface area contributed by atoms with Gasteiger partial charge in [-0.15, -0.1) is 6.58 Å². The molecule has 0 radical (unpaired) electrons. The first-order valence-corrected chi connectivity index (χ1v) is 7.75. The number of amides is 1. The van der Waals surface area contributed by atoms with Gasteiger partial charge in [-0.1, -0.05) is 6.08 Å². The Morgan fingerprint density at radius 3 is 2.78 bits per heavy atom. The third-order valence-electron chi connectivity index (χ3n) is 5.13. The number of hydrogen-bond acceptors (Lipinski definition) is 4. The molecule has 7 heteroatoms. The summed E-state index contributed by atoms with van der Waals surface area (Å²) < 4.78 is 0. The normalized spacial score (nSPS) is 27.5. The van der Waals surface area contributed by atoms with Gasteiger partial charge >= 0.3 is 5.97 Å². The van der Waals surface area contributed by atoms with E-state index in [0.717, 1.165) is 17.0 Å². The number of nitrogens with one attached hydrogen (secondary N) is 1. The number of carboxylic acid groups (broad SMARTS) is 1. The average Bonchev–Trinajstić information content (AvgIpc) is 3.09. The Balaban J connectivity index is 1.82. The standard InChI is InChI=1S/C16H22N4O3/c1-4-5-20-9-16(15(22)23)8-19(7-13(16)14(20)21)6-12-10(2)17-18-11(12)3/h4,13H,1,5-9H2,2-3H3,(H,17,18)(H,22,23)/t13-,16-/m0/s1. The molecule has 7 nitrogen and oxygen atoms in total. The molecule has 0 aliphatic carbocycles. The molecule has 0 bridgehead atoms. The number of aromatic nitrogens is 2. The lowest BCUT2D eigenvalue weighted by molar-refractivity contribution is -0.149. The highest BCUT2D eigenvalue weighted by Crippen LogP contribution is 2.44. The maximum absolute atomic E-state index is 12.5. The highest BCUT2D eigenvalue weighted by Gasteiger charge is 2.61. The van der Waals surface area contributed by atoms with Crippen LogP contribution in [0, 0.1) is 25.2 Å². The number of carboxylic acids is 1. The molecule has 0 saturated carbocycles. The maximum atomic E-state index is 12.5. The number of fused-ring (bicyclic) bond motifs is 1. The lowest BCUT2D eigenvalue weighted by Gasteiger charge is -2.24. The lowest BCUT2D eigenvalue weighted by Crippen LogP contribution is -2.40. The van der Waals surface area contributed by atoms with Crippen LogP contribution in [0.3, 0.4) is 0 Å². The van der Waals surface area contributed by atoms with Gasteiger partial charge in [-0.3, -0.25) is 19.6 Å². The van der Waals surface area contributed by atoms with Gasteiger partial charge in [-0.2, -0.15) is 5.10 Å². The maximum Gasteiger partial charge on any atom is 0.313 e. The SMILES string of the molecule is C=CCN1C[C@@]2(C(=O)O)CN(Cc3c(C)n[nH]c3C)C[C@H]2C1=O. The van der Waals surface area contributed by atoms with E-state index < -0.39 is 17.3 Å². The van der Waals surface area contributed by atoms with Crippen molar-refractivity contribution >= 4 is 11.9 Å². The zero-order valence-corrected chi connectivity index (χ0v) is 13.5. The highest BCUT2D eigenvalue weighted by atomic mass is 16.4. The summed E-state index contributed by atoms with van der Waals surface area (Å²) in [6.45, 7) is 9.68. The van der Waals surface area contributed by atoms with E-state index in [4.69, 9.17) is 0 Å². The molecule has 3 rings (SSSR count). The van der Waals surface area contributed by atoms with Gasteiger partial charge in [0.1, 0.15) is 5.41 Å². The summed E-state index contributed by atoms with van der Waals surface area (Å²) in [7, 11) is 0. The number of hydrogen-bond donors (Lipinski definition) is 2. The molecule has 3 heterocycles. The summed E-state index contributed by atoms with van der Waals surface area (Å²) in [4.78, 5) is 28.1. The fourth-order valence-electron chi connectivity index (χ4n) is 3.87. The Hall–Kier alpha value is -2.15. The molecule has 0 unspecified atom stereocenters. The molecule has 124 valence electrons. The quantitative estimate of drug-likeness (QED) is 0.774. The number of H-pyrrole nitrogens is 1. The summed E-state index contributed by atoms with van der Waals surface area (Å²) in [5.74, 6) is -1.44. The van der Waals surface area contributed by atoms with Crippen LogP contribution in [0.2, 0.25) is 0 Å². The number of carbonyl (C=O) groups excluding carboxylic acids is 1. The summed E-state index contributed by atoms with van der Waals surface area (Å²) >= 11 is 0. The van der Waals surface area contributed by atoms with E-state index in [1.54, 1.807) is 11.0 Å². The zero-order valence-electron chi connectivity index (χ0n) is 13.5. The Labute approximate surface area is 135 Å². The fraction of sp³-hybridized carbons (Fsp3) is 0.562. The van der Waals surface area contributed by atoms with Crippen LogP contribution in [-0.4, -0.2) is 63.2 Å². The summed E-state index contributed by atoms with van der Waals surface area (Å²) in [5, 5.41) is 16.9. The molecular formula is C16H22N4O3. The van der Waals surface area contributed by atoms with Gasteiger partial charge in [0, 0.05) is 44.0 Å². The van der Waals surface area contributed by atoms with Crippen molar-refractivity contribution in [2.75, 3.05) is 26.2 Å². The van der Waals surface area contributed by atoms with Gasteiger partial charge in [-0.25, -0.2) is 0 Å². The van der Waals surface area contributed by atoms with Gasteiger partial charge in [-0.05, 0) is 13.8 Å². The van der Waals surface area contributed by atoms with Crippen LogP contribution in [0.5, 0.6) is 0 Å². The molecule has 1 aromatic rings. The van der Waals surface area contributed by atoms with Crippen molar-refractivity contribution in [2.45, 2.75) is 20.4 Å².